The Labute approximate surface area is 215 Å². The molecular weight excluding hydrogens is 469 g/mol. The summed E-state index contributed by atoms with van der Waals surface area (Å²) in [6.45, 7) is 1.40. The van der Waals surface area contributed by atoms with E-state index in [1.54, 1.807) is 0 Å². The molecule has 0 spiro atoms. The number of amides is 1. The first-order valence-electron chi connectivity index (χ1n) is 12.2. The fraction of sp³-hybridized carbons (Fsp3) is 0.179. The van der Waals surface area contributed by atoms with Crippen LogP contribution in [0, 0.1) is 0 Å². The van der Waals surface area contributed by atoms with E-state index in [0.29, 0.717) is 18.1 Å². The zero-order valence-corrected chi connectivity index (χ0v) is 20.7. The molecule has 1 N–H and O–H groups in total. The molecule has 3 aromatic carbocycles. The van der Waals surface area contributed by atoms with Crippen LogP contribution in [0.5, 0.6) is 0 Å². The highest BCUT2D eigenvalue weighted by Gasteiger charge is 2.25. The summed E-state index contributed by atoms with van der Waals surface area (Å²) in [7, 11) is 2.01. The smallest absolute Gasteiger partial charge is 0.253 e. The van der Waals surface area contributed by atoms with Gasteiger partial charge in [-0.25, -0.2) is 4.98 Å². The van der Waals surface area contributed by atoms with E-state index in [9.17, 15) is 4.79 Å². The van der Waals surface area contributed by atoms with Gasteiger partial charge < -0.3 is 10.2 Å². The van der Waals surface area contributed by atoms with Gasteiger partial charge in [0.15, 0.2) is 5.65 Å². The van der Waals surface area contributed by atoms with Crippen LogP contribution < -0.4 is 10.8 Å². The summed E-state index contributed by atoms with van der Waals surface area (Å²) in [5.74, 6) is 0.969. The second kappa shape index (κ2) is 9.32. The normalized spacial score (nSPS) is 14.4. The Morgan fingerprint density at radius 2 is 1.72 bits per heavy atom. The average Bonchev–Trinajstić information content (AvgIpc) is 3.29. The fourth-order valence-corrected chi connectivity index (χ4v) is 5.16. The lowest BCUT2D eigenvalue weighted by Gasteiger charge is -2.33. The number of nitrogens with zero attached hydrogens (tertiary/aromatic N) is 4. The number of carbonyl (C=O) groups is 1. The molecule has 1 aliphatic rings. The average molecular weight is 494 g/mol. The highest BCUT2D eigenvalue weighted by molar-refractivity contribution is 6.36. The van der Waals surface area contributed by atoms with E-state index in [1.165, 1.54) is 0 Å². The van der Waals surface area contributed by atoms with E-state index in [-0.39, 0.29) is 11.9 Å². The van der Waals surface area contributed by atoms with Crippen LogP contribution in [0.2, 0.25) is 5.02 Å². The standard InChI is InChI=1S/C28H25BClN5O/c29-23-17-31-35-26(16-25(33-27(23)35)22-7-3-4-8-24(22)30)32-21-11-13-34(14-12-21)28(36)20-10-9-18-5-1-2-6-19(18)15-20/h1-10,15-17,21,32H,11-14,29H2. The van der Waals surface area contributed by atoms with Crippen molar-refractivity contribution in [2.45, 2.75) is 18.9 Å². The van der Waals surface area contributed by atoms with E-state index in [4.69, 9.17) is 16.6 Å². The van der Waals surface area contributed by atoms with Crippen LogP contribution in [0.4, 0.5) is 5.82 Å². The number of hydrogen-bond donors (Lipinski definition) is 1. The molecule has 5 aromatic rings. The van der Waals surface area contributed by atoms with E-state index >= 15 is 0 Å². The molecule has 0 aliphatic carbocycles. The Balaban J connectivity index is 1.20. The third-order valence-corrected chi connectivity index (χ3v) is 7.26. The summed E-state index contributed by atoms with van der Waals surface area (Å²) in [4.78, 5) is 20.0. The molecule has 1 amide bonds. The van der Waals surface area contributed by atoms with Crippen LogP contribution >= 0.6 is 11.6 Å². The van der Waals surface area contributed by atoms with Gasteiger partial charge in [-0.05, 0) is 47.3 Å². The highest BCUT2D eigenvalue weighted by atomic mass is 35.5. The maximum Gasteiger partial charge on any atom is 0.253 e. The van der Waals surface area contributed by atoms with Crippen LogP contribution in [-0.4, -0.2) is 52.4 Å². The number of benzene rings is 3. The molecule has 6 nitrogen and oxygen atoms in total. The molecule has 8 heteroatoms. The topological polar surface area (TPSA) is 62.5 Å². The Morgan fingerprint density at radius 1 is 0.972 bits per heavy atom. The lowest BCUT2D eigenvalue weighted by molar-refractivity contribution is 0.0718. The number of aromatic nitrogens is 3. The minimum absolute atomic E-state index is 0.0919. The van der Waals surface area contributed by atoms with Crippen molar-refractivity contribution < 1.29 is 4.79 Å². The SMILES string of the molecule is Bc1cnn2c(NC3CCN(C(=O)c4ccc5ccccc5c4)CC3)cc(-c3ccccc3Cl)nc12. The largest absolute Gasteiger partial charge is 0.367 e. The number of fused-ring (bicyclic) bond motifs is 2. The van der Waals surface area contributed by atoms with Crippen LogP contribution in [0.3, 0.4) is 0 Å². The molecule has 0 radical (unpaired) electrons. The molecule has 0 bridgehead atoms. The van der Waals surface area contributed by atoms with Crippen LogP contribution in [-0.2, 0) is 0 Å². The lowest BCUT2D eigenvalue weighted by Crippen LogP contribution is -2.42. The third kappa shape index (κ3) is 4.20. The van der Waals surface area contributed by atoms with Crippen molar-refractivity contribution in [2.75, 3.05) is 18.4 Å². The van der Waals surface area contributed by atoms with Gasteiger partial charge in [0.05, 0.1) is 5.69 Å². The monoisotopic (exact) mass is 493 g/mol. The minimum Gasteiger partial charge on any atom is -0.367 e. The van der Waals surface area contributed by atoms with Crippen molar-refractivity contribution in [2.24, 2.45) is 0 Å². The molecular formula is C28H25BClN5O. The van der Waals surface area contributed by atoms with E-state index in [0.717, 1.165) is 57.4 Å². The molecule has 1 aliphatic heterocycles. The molecule has 1 saturated heterocycles. The van der Waals surface area contributed by atoms with Crippen molar-refractivity contribution >= 4 is 53.1 Å². The van der Waals surface area contributed by atoms with Crippen molar-refractivity contribution in [3.63, 3.8) is 0 Å². The Bertz CT molecular complexity index is 1590. The summed E-state index contributed by atoms with van der Waals surface area (Å²) in [5, 5.41) is 11.1. The number of hydrogen-bond acceptors (Lipinski definition) is 4. The molecule has 2 aromatic heterocycles. The van der Waals surface area contributed by atoms with Gasteiger partial charge in [-0.1, -0.05) is 60.1 Å². The van der Waals surface area contributed by atoms with Gasteiger partial charge in [-0.15, -0.1) is 0 Å². The second-order valence-electron chi connectivity index (χ2n) is 9.34. The van der Waals surface area contributed by atoms with Crippen LogP contribution in [0.1, 0.15) is 23.2 Å². The van der Waals surface area contributed by atoms with Gasteiger partial charge in [0.1, 0.15) is 13.7 Å². The molecule has 1 fully saturated rings. The number of likely N-dealkylation sites (tertiary alicyclic amines) is 1. The number of rotatable bonds is 4. The van der Waals surface area contributed by atoms with Crippen LogP contribution in [0.15, 0.2) is 79.0 Å². The van der Waals surface area contributed by atoms with Gasteiger partial charge in [-0.2, -0.15) is 9.61 Å². The molecule has 36 heavy (non-hydrogen) atoms. The zero-order valence-electron chi connectivity index (χ0n) is 20.0. The van der Waals surface area contributed by atoms with Crippen molar-refractivity contribution in [3.8, 4) is 11.3 Å². The van der Waals surface area contributed by atoms with Gasteiger partial charge in [0.2, 0.25) is 0 Å². The van der Waals surface area contributed by atoms with Crippen molar-refractivity contribution in [1.29, 1.82) is 0 Å². The molecule has 3 heterocycles. The Hall–Kier alpha value is -3.84. The first-order chi connectivity index (χ1) is 17.6. The Kier molecular flexibility index (Phi) is 5.85. The van der Waals surface area contributed by atoms with Gasteiger partial charge in [-0.3, -0.25) is 4.79 Å². The Morgan fingerprint density at radius 3 is 2.53 bits per heavy atom. The number of anilines is 1. The predicted octanol–water partition coefficient (Wildman–Crippen LogP) is 4.18. The summed E-state index contributed by atoms with van der Waals surface area (Å²) >= 11 is 6.48. The summed E-state index contributed by atoms with van der Waals surface area (Å²) in [6.07, 6.45) is 3.53. The molecule has 0 atom stereocenters. The predicted molar refractivity (Wildman–Crippen MR) is 148 cm³/mol. The molecule has 0 saturated carbocycles. The van der Waals surface area contributed by atoms with Crippen molar-refractivity contribution in [1.82, 2.24) is 19.5 Å². The fourth-order valence-electron chi connectivity index (χ4n) is 4.92. The number of carbonyl (C=O) groups excluding carboxylic acids is 1. The molecule has 6 rings (SSSR count). The van der Waals surface area contributed by atoms with Crippen LogP contribution in [0.25, 0.3) is 27.7 Å². The van der Waals surface area contributed by atoms with E-state index < -0.39 is 0 Å². The zero-order chi connectivity index (χ0) is 24.6. The third-order valence-electron chi connectivity index (χ3n) is 6.93. The summed E-state index contributed by atoms with van der Waals surface area (Å²) < 4.78 is 1.85. The van der Waals surface area contributed by atoms with Gasteiger partial charge in [0, 0.05) is 47.5 Å². The minimum atomic E-state index is 0.0919. The maximum absolute atomic E-state index is 13.2. The lowest BCUT2D eigenvalue weighted by atomic mass is 10.0. The van der Waals surface area contributed by atoms with E-state index in [1.807, 2.05) is 90.2 Å². The molecule has 0 unspecified atom stereocenters. The first-order valence-corrected chi connectivity index (χ1v) is 12.6. The molecule has 178 valence electrons. The second-order valence-corrected chi connectivity index (χ2v) is 9.75. The van der Waals surface area contributed by atoms with Gasteiger partial charge in [0.25, 0.3) is 5.91 Å². The summed E-state index contributed by atoms with van der Waals surface area (Å²) in [5.41, 5.74) is 4.25. The number of piperidine rings is 1. The van der Waals surface area contributed by atoms with E-state index in [2.05, 4.69) is 16.5 Å². The number of nitrogens with one attached hydrogen (secondary N) is 1. The maximum atomic E-state index is 13.2. The highest BCUT2D eigenvalue weighted by Crippen LogP contribution is 2.29. The summed E-state index contributed by atoms with van der Waals surface area (Å²) in [6, 6.07) is 24.0. The van der Waals surface area contributed by atoms with Gasteiger partial charge >= 0.3 is 0 Å². The quantitative estimate of drug-likeness (QED) is 0.382. The van der Waals surface area contributed by atoms with Crippen molar-refractivity contribution in [3.05, 3.63) is 89.6 Å². The first kappa shape index (κ1) is 22.6. The number of halogens is 1.